The summed E-state index contributed by atoms with van der Waals surface area (Å²) in [4.78, 5) is 44.1. The second kappa shape index (κ2) is 7.75. The van der Waals surface area contributed by atoms with Gasteiger partial charge in [0, 0.05) is 36.5 Å². The molecule has 0 saturated carbocycles. The summed E-state index contributed by atoms with van der Waals surface area (Å²) in [7, 11) is 0. The van der Waals surface area contributed by atoms with Crippen molar-refractivity contribution in [1.82, 2.24) is 5.06 Å². The molecule has 2 amide bonds. The predicted molar refractivity (Wildman–Crippen MR) is 107 cm³/mol. The summed E-state index contributed by atoms with van der Waals surface area (Å²) in [5.41, 5.74) is 2.24. The van der Waals surface area contributed by atoms with Crippen LogP contribution in [-0.2, 0) is 14.4 Å². The fraction of sp³-hybridized carbons (Fsp3) is 0.381. The lowest BCUT2D eigenvalue weighted by atomic mass is 9.98. The number of carbonyl (C=O) groups excluding carboxylic acids is 3. The van der Waals surface area contributed by atoms with Gasteiger partial charge >= 0.3 is 5.97 Å². The molecule has 0 aliphatic carbocycles. The molecule has 2 saturated heterocycles. The number of nitrogens with zero attached hydrogens (tertiary/aromatic N) is 2. The molecule has 2 aromatic rings. The number of anilines is 1. The van der Waals surface area contributed by atoms with Crippen LogP contribution in [0.25, 0.3) is 10.4 Å². The van der Waals surface area contributed by atoms with Crippen molar-refractivity contribution in [1.29, 1.82) is 0 Å². The van der Waals surface area contributed by atoms with Gasteiger partial charge in [-0.25, -0.2) is 4.79 Å². The smallest absolute Gasteiger partial charge is 0.372 e. The fourth-order valence-electron chi connectivity index (χ4n) is 3.49. The first-order valence-corrected chi connectivity index (χ1v) is 10.4. The summed E-state index contributed by atoms with van der Waals surface area (Å²) in [5, 5.41) is 0.579. The van der Waals surface area contributed by atoms with Gasteiger partial charge in [0.2, 0.25) is 0 Å². The Kier molecular flexibility index (Phi) is 5.17. The van der Waals surface area contributed by atoms with Crippen molar-refractivity contribution in [2.75, 3.05) is 18.0 Å². The predicted octanol–water partition coefficient (Wildman–Crippen LogP) is 3.87. The molecule has 1 aromatic carbocycles. The van der Waals surface area contributed by atoms with Crippen LogP contribution in [0.2, 0.25) is 0 Å². The summed E-state index contributed by atoms with van der Waals surface area (Å²) in [5.74, 6) is -0.833. The van der Waals surface area contributed by atoms with Crippen LogP contribution in [0.5, 0.6) is 0 Å². The molecule has 7 heteroatoms. The third kappa shape index (κ3) is 3.80. The fourth-order valence-corrected chi connectivity index (χ4v) is 4.38. The molecule has 1 aromatic heterocycles. The molecule has 0 N–H and O–H groups in total. The van der Waals surface area contributed by atoms with Crippen molar-refractivity contribution in [3.8, 4) is 10.4 Å². The number of amides is 2. The van der Waals surface area contributed by atoms with Gasteiger partial charge in [-0.15, -0.1) is 16.4 Å². The van der Waals surface area contributed by atoms with Crippen LogP contribution in [-0.4, -0.2) is 35.9 Å². The van der Waals surface area contributed by atoms with Gasteiger partial charge in [0.05, 0.1) is 0 Å². The highest BCUT2D eigenvalue weighted by molar-refractivity contribution is 7.17. The Labute approximate surface area is 167 Å². The van der Waals surface area contributed by atoms with Crippen LogP contribution in [0.3, 0.4) is 0 Å². The van der Waals surface area contributed by atoms with E-state index in [1.807, 2.05) is 6.07 Å². The molecule has 2 fully saturated rings. The average Bonchev–Trinajstić information content (AvgIpc) is 3.32. The third-order valence-electron chi connectivity index (χ3n) is 5.29. The molecule has 0 spiro atoms. The lowest BCUT2D eigenvalue weighted by Crippen LogP contribution is -2.32. The van der Waals surface area contributed by atoms with Crippen LogP contribution >= 0.6 is 11.3 Å². The maximum Gasteiger partial charge on any atom is 0.373 e. The Bertz CT molecular complexity index is 881. The number of thiophene rings is 1. The van der Waals surface area contributed by atoms with Crippen molar-refractivity contribution < 1.29 is 19.2 Å². The van der Waals surface area contributed by atoms with Crippen LogP contribution in [0, 0.1) is 5.92 Å². The van der Waals surface area contributed by atoms with Gasteiger partial charge in [0.15, 0.2) is 0 Å². The number of carbonyl (C=O) groups is 3. The largest absolute Gasteiger partial charge is 0.373 e. The van der Waals surface area contributed by atoms with E-state index in [2.05, 4.69) is 36.1 Å². The van der Waals surface area contributed by atoms with Crippen molar-refractivity contribution in [2.24, 2.45) is 5.92 Å². The van der Waals surface area contributed by atoms with E-state index in [1.54, 1.807) is 6.07 Å². The first kappa shape index (κ1) is 18.7. The molecule has 2 aliphatic heterocycles. The second-order valence-corrected chi connectivity index (χ2v) is 8.42. The topological polar surface area (TPSA) is 66.9 Å². The Morgan fingerprint density at radius 2 is 1.64 bits per heavy atom. The van der Waals surface area contributed by atoms with Crippen molar-refractivity contribution in [2.45, 2.75) is 32.6 Å². The lowest BCUT2D eigenvalue weighted by Gasteiger charge is -2.32. The monoisotopic (exact) mass is 398 g/mol. The molecule has 0 unspecified atom stereocenters. The van der Waals surface area contributed by atoms with E-state index in [9.17, 15) is 14.4 Å². The molecular formula is C21H22N2O4S. The number of rotatable bonds is 4. The second-order valence-electron chi connectivity index (χ2n) is 7.34. The van der Waals surface area contributed by atoms with Crippen LogP contribution < -0.4 is 4.90 Å². The number of piperidine rings is 1. The van der Waals surface area contributed by atoms with E-state index < -0.39 is 17.8 Å². The van der Waals surface area contributed by atoms with E-state index in [-0.39, 0.29) is 12.8 Å². The molecule has 28 heavy (non-hydrogen) atoms. The lowest BCUT2D eigenvalue weighted by molar-refractivity contribution is -0.172. The maximum atomic E-state index is 12.3. The van der Waals surface area contributed by atoms with Crippen molar-refractivity contribution in [3.05, 3.63) is 41.3 Å². The summed E-state index contributed by atoms with van der Waals surface area (Å²) in [6.07, 6.45) is 2.62. The molecule has 3 heterocycles. The summed E-state index contributed by atoms with van der Waals surface area (Å²) in [6, 6.07) is 11.9. The van der Waals surface area contributed by atoms with Crippen LogP contribution in [0.15, 0.2) is 36.4 Å². The molecular weight excluding hydrogens is 376 g/mol. The quantitative estimate of drug-likeness (QED) is 0.732. The third-order valence-corrected chi connectivity index (χ3v) is 6.40. The highest BCUT2D eigenvalue weighted by Crippen LogP contribution is 2.31. The van der Waals surface area contributed by atoms with E-state index >= 15 is 0 Å². The highest BCUT2D eigenvalue weighted by atomic mass is 32.1. The Balaban J connectivity index is 1.43. The highest BCUT2D eigenvalue weighted by Gasteiger charge is 2.33. The van der Waals surface area contributed by atoms with Gasteiger partial charge in [0.1, 0.15) is 4.88 Å². The number of benzene rings is 1. The van der Waals surface area contributed by atoms with E-state index in [1.165, 1.54) is 29.9 Å². The normalized spacial score (nSPS) is 18.0. The van der Waals surface area contributed by atoms with E-state index in [0.29, 0.717) is 9.94 Å². The molecule has 4 rings (SSSR count). The van der Waals surface area contributed by atoms with Crippen molar-refractivity contribution >= 4 is 34.8 Å². The average molecular weight is 398 g/mol. The molecule has 6 nitrogen and oxygen atoms in total. The van der Waals surface area contributed by atoms with Crippen molar-refractivity contribution in [3.63, 3.8) is 0 Å². The maximum absolute atomic E-state index is 12.3. The number of hydrogen-bond donors (Lipinski definition) is 0. The van der Waals surface area contributed by atoms with Gasteiger partial charge in [0.25, 0.3) is 11.8 Å². The van der Waals surface area contributed by atoms with E-state index in [0.717, 1.165) is 29.4 Å². The molecule has 2 aliphatic rings. The SMILES string of the molecule is CC1CCN(c2ccc(-c3ccc(C(=O)ON4C(=O)CCC4=O)s3)cc2)CC1. The zero-order valence-corrected chi connectivity index (χ0v) is 16.5. The molecule has 146 valence electrons. The Morgan fingerprint density at radius 1 is 1.00 bits per heavy atom. The first-order valence-electron chi connectivity index (χ1n) is 9.54. The van der Waals surface area contributed by atoms with Gasteiger partial charge in [-0.2, -0.15) is 0 Å². The van der Waals surface area contributed by atoms with Crippen LogP contribution in [0.4, 0.5) is 5.69 Å². The summed E-state index contributed by atoms with van der Waals surface area (Å²) < 4.78 is 0. The summed E-state index contributed by atoms with van der Waals surface area (Å²) in [6.45, 7) is 4.47. The van der Waals surface area contributed by atoms with E-state index in [4.69, 9.17) is 4.84 Å². The first-order chi connectivity index (χ1) is 13.5. The van der Waals surface area contributed by atoms with Crippen LogP contribution in [0.1, 0.15) is 42.3 Å². The Hall–Kier alpha value is -2.67. The number of hydrogen-bond acceptors (Lipinski definition) is 6. The van der Waals surface area contributed by atoms with Gasteiger partial charge in [-0.1, -0.05) is 19.1 Å². The molecule has 0 radical (unpaired) electrons. The zero-order valence-electron chi connectivity index (χ0n) is 15.7. The van der Waals surface area contributed by atoms with Gasteiger partial charge < -0.3 is 9.74 Å². The minimum absolute atomic E-state index is 0.0874. The number of imide groups is 1. The minimum atomic E-state index is -0.682. The zero-order chi connectivity index (χ0) is 19.7. The van der Waals surface area contributed by atoms with Gasteiger partial charge in [-0.05, 0) is 48.6 Å². The van der Waals surface area contributed by atoms with Gasteiger partial charge in [-0.3, -0.25) is 9.59 Å². The number of hydroxylamine groups is 2. The molecule has 0 atom stereocenters. The standard InChI is InChI=1S/C21H22N2O4S/c1-14-10-12-22(13-11-14)16-4-2-15(3-5-16)17-6-7-18(28-17)21(26)27-23-19(24)8-9-20(23)25/h2-7,14H,8-13H2,1H3. The summed E-state index contributed by atoms with van der Waals surface area (Å²) >= 11 is 1.28. The minimum Gasteiger partial charge on any atom is -0.372 e. The molecule has 0 bridgehead atoms. The Morgan fingerprint density at radius 3 is 2.29 bits per heavy atom.